The average Bonchev–Trinajstić information content (AvgIpc) is 2.75. The Labute approximate surface area is 115 Å². The topological polar surface area (TPSA) is 44.5 Å². The Morgan fingerprint density at radius 2 is 2.24 bits per heavy atom. The predicted octanol–water partition coefficient (Wildman–Crippen LogP) is 3.34. The van der Waals surface area contributed by atoms with Crippen LogP contribution in [0.4, 0.5) is 0 Å². The summed E-state index contributed by atoms with van der Waals surface area (Å²) in [5, 5.41) is 2.06. The molecule has 0 fully saturated rings. The van der Waals surface area contributed by atoms with E-state index < -0.39 is 0 Å². The molecule has 0 aliphatic carbocycles. The molecule has 0 radical (unpaired) electrons. The maximum absolute atomic E-state index is 6.11. The molecule has 1 aromatic rings. The Balaban J connectivity index is 2.55. The highest BCUT2D eigenvalue weighted by molar-refractivity contribution is 9.10. The molecule has 1 rings (SSSR count). The van der Waals surface area contributed by atoms with Crippen molar-refractivity contribution in [1.82, 2.24) is 0 Å². The van der Waals surface area contributed by atoms with Gasteiger partial charge in [0.2, 0.25) is 0 Å². The highest BCUT2D eigenvalue weighted by Gasteiger charge is 2.20. The molecule has 2 atom stereocenters. The molecule has 5 heteroatoms. The van der Waals surface area contributed by atoms with Crippen molar-refractivity contribution in [2.75, 3.05) is 20.3 Å². The van der Waals surface area contributed by atoms with Crippen LogP contribution in [-0.2, 0) is 9.47 Å². The molecule has 0 aromatic carbocycles. The molecule has 0 bridgehead atoms. The van der Waals surface area contributed by atoms with Gasteiger partial charge in [0.1, 0.15) is 6.10 Å². The van der Waals surface area contributed by atoms with Crippen molar-refractivity contribution in [2.24, 2.45) is 5.73 Å². The summed E-state index contributed by atoms with van der Waals surface area (Å²) in [6.07, 6.45) is 1.80. The Bertz CT molecular complexity index is 319. The number of methoxy groups -OCH3 is 1. The van der Waals surface area contributed by atoms with E-state index in [0.717, 1.165) is 23.9 Å². The summed E-state index contributed by atoms with van der Waals surface area (Å²) in [4.78, 5) is 1.18. The number of ether oxygens (including phenoxy) is 2. The third kappa shape index (κ3) is 5.06. The minimum absolute atomic E-state index is 0.00634. The maximum atomic E-state index is 6.11. The Kier molecular flexibility index (Phi) is 7.30. The highest BCUT2D eigenvalue weighted by atomic mass is 79.9. The van der Waals surface area contributed by atoms with Gasteiger partial charge in [-0.05, 0) is 34.8 Å². The molecular formula is C12H20BrNO2S. The lowest BCUT2D eigenvalue weighted by molar-refractivity contribution is 0.0244. The van der Waals surface area contributed by atoms with Gasteiger partial charge in [0.15, 0.2) is 0 Å². The summed E-state index contributed by atoms with van der Waals surface area (Å²) in [5.74, 6) is 0. The zero-order chi connectivity index (χ0) is 12.7. The third-order valence-corrected chi connectivity index (χ3v) is 4.27. The van der Waals surface area contributed by atoms with Crippen LogP contribution in [-0.4, -0.2) is 26.4 Å². The molecule has 0 aliphatic heterocycles. The molecule has 2 unspecified atom stereocenters. The van der Waals surface area contributed by atoms with E-state index in [2.05, 4.69) is 34.3 Å². The minimum atomic E-state index is -0.00634. The summed E-state index contributed by atoms with van der Waals surface area (Å²) in [6, 6.07) is 2.13. The highest BCUT2D eigenvalue weighted by Crippen LogP contribution is 2.30. The smallest absolute Gasteiger partial charge is 0.107 e. The summed E-state index contributed by atoms with van der Waals surface area (Å²) in [5.41, 5.74) is 6.11. The fourth-order valence-corrected chi connectivity index (χ4v) is 3.09. The molecule has 0 spiro atoms. The molecule has 3 nitrogen and oxygen atoms in total. The maximum Gasteiger partial charge on any atom is 0.107 e. The summed E-state index contributed by atoms with van der Waals surface area (Å²) < 4.78 is 12.0. The third-order valence-electron chi connectivity index (χ3n) is 2.52. The van der Waals surface area contributed by atoms with Crippen molar-refractivity contribution in [3.63, 3.8) is 0 Å². The largest absolute Gasteiger partial charge is 0.385 e. The fraction of sp³-hybridized carbons (Fsp3) is 0.667. The van der Waals surface area contributed by atoms with Gasteiger partial charge in [0, 0.05) is 41.1 Å². The Morgan fingerprint density at radius 1 is 1.47 bits per heavy atom. The van der Waals surface area contributed by atoms with E-state index in [1.807, 2.05) is 0 Å². The summed E-state index contributed by atoms with van der Waals surface area (Å²) >= 11 is 5.14. The first-order valence-electron chi connectivity index (χ1n) is 5.79. The van der Waals surface area contributed by atoms with Crippen molar-refractivity contribution in [2.45, 2.75) is 31.9 Å². The van der Waals surface area contributed by atoms with E-state index in [0.29, 0.717) is 6.61 Å². The first kappa shape index (κ1) is 15.1. The fourth-order valence-electron chi connectivity index (χ4n) is 1.52. The molecule has 17 heavy (non-hydrogen) atoms. The quantitative estimate of drug-likeness (QED) is 0.747. The zero-order valence-corrected chi connectivity index (χ0v) is 12.7. The van der Waals surface area contributed by atoms with E-state index in [4.69, 9.17) is 15.2 Å². The van der Waals surface area contributed by atoms with Gasteiger partial charge in [-0.1, -0.05) is 6.92 Å². The zero-order valence-electron chi connectivity index (χ0n) is 10.3. The van der Waals surface area contributed by atoms with Crippen molar-refractivity contribution < 1.29 is 9.47 Å². The lowest BCUT2D eigenvalue weighted by atomic mass is 10.1. The number of rotatable bonds is 8. The van der Waals surface area contributed by atoms with Crippen LogP contribution in [0.1, 0.15) is 30.7 Å². The van der Waals surface area contributed by atoms with Gasteiger partial charge in [0.25, 0.3) is 0 Å². The van der Waals surface area contributed by atoms with Crippen molar-refractivity contribution in [3.8, 4) is 0 Å². The molecule has 0 saturated heterocycles. The normalized spacial score (nSPS) is 14.8. The van der Waals surface area contributed by atoms with Gasteiger partial charge >= 0.3 is 0 Å². The predicted molar refractivity (Wildman–Crippen MR) is 75.5 cm³/mol. The monoisotopic (exact) mass is 321 g/mol. The van der Waals surface area contributed by atoms with Crippen LogP contribution >= 0.6 is 27.3 Å². The second-order valence-electron chi connectivity index (χ2n) is 3.88. The molecule has 1 heterocycles. The first-order valence-corrected chi connectivity index (χ1v) is 7.46. The van der Waals surface area contributed by atoms with E-state index in [1.165, 1.54) is 4.88 Å². The van der Waals surface area contributed by atoms with E-state index >= 15 is 0 Å². The Hall–Kier alpha value is 0.0600. The average molecular weight is 322 g/mol. The second kappa shape index (κ2) is 8.21. The van der Waals surface area contributed by atoms with Gasteiger partial charge in [-0.2, -0.15) is 0 Å². The van der Waals surface area contributed by atoms with E-state index in [1.54, 1.807) is 18.4 Å². The van der Waals surface area contributed by atoms with Crippen LogP contribution < -0.4 is 5.73 Å². The van der Waals surface area contributed by atoms with E-state index in [9.17, 15) is 0 Å². The van der Waals surface area contributed by atoms with Crippen molar-refractivity contribution in [3.05, 3.63) is 20.8 Å². The number of thiophene rings is 1. The van der Waals surface area contributed by atoms with Crippen molar-refractivity contribution >= 4 is 27.3 Å². The molecular weight excluding hydrogens is 302 g/mol. The number of hydrogen-bond acceptors (Lipinski definition) is 4. The first-order chi connectivity index (χ1) is 8.19. The van der Waals surface area contributed by atoms with Gasteiger partial charge in [-0.25, -0.2) is 0 Å². The lowest BCUT2D eigenvalue weighted by Crippen LogP contribution is -2.29. The minimum Gasteiger partial charge on any atom is -0.385 e. The van der Waals surface area contributed by atoms with Crippen molar-refractivity contribution in [1.29, 1.82) is 0 Å². The molecule has 1 aromatic heterocycles. The van der Waals surface area contributed by atoms with Crippen LogP contribution in [0.5, 0.6) is 0 Å². The van der Waals surface area contributed by atoms with Crippen LogP contribution in [0.2, 0.25) is 0 Å². The summed E-state index contributed by atoms with van der Waals surface area (Å²) in [7, 11) is 1.70. The molecule has 2 N–H and O–H groups in total. The van der Waals surface area contributed by atoms with Crippen LogP contribution in [0.25, 0.3) is 0 Å². The number of nitrogens with two attached hydrogens (primary N) is 1. The van der Waals surface area contributed by atoms with Crippen LogP contribution in [0, 0.1) is 0 Å². The van der Waals surface area contributed by atoms with Gasteiger partial charge in [-0.3, -0.25) is 0 Å². The van der Waals surface area contributed by atoms with Crippen LogP contribution in [0.3, 0.4) is 0 Å². The second-order valence-corrected chi connectivity index (χ2v) is 5.74. The molecule has 98 valence electrons. The standard InChI is InChI=1S/C12H20BrNO2S/c1-3-10(14)12(16-6-4-5-15-2)11-7-9(13)8-17-11/h7-8,10,12H,3-6,14H2,1-2H3. The SMILES string of the molecule is CCC(N)C(OCCCOC)c1cc(Br)cs1. The molecule has 0 aliphatic rings. The number of halogens is 1. The van der Waals surface area contributed by atoms with Gasteiger partial charge < -0.3 is 15.2 Å². The summed E-state index contributed by atoms with van der Waals surface area (Å²) in [6.45, 7) is 3.49. The molecule has 0 saturated carbocycles. The van der Waals surface area contributed by atoms with Gasteiger partial charge in [-0.15, -0.1) is 11.3 Å². The Morgan fingerprint density at radius 3 is 2.76 bits per heavy atom. The number of hydrogen-bond donors (Lipinski definition) is 1. The van der Waals surface area contributed by atoms with Gasteiger partial charge in [0.05, 0.1) is 0 Å². The molecule has 0 amide bonds. The lowest BCUT2D eigenvalue weighted by Gasteiger charge is -2.22. The van der Waals surface area contributed by atoms with Crippen LogP contribution in [0.15, 0.2) is 15.9 Å². The van der Waals surface area contributed by atoms with E-state index in [-0.39, 0.29) is 12.1 Å².